The van der Waals surface area contributed by atoms with E-state index in [2.05, 4.69) is 15.6 Å². The average molecular weight is 291 g/mol. The standard InChI is InChI=1S/C15H15F2N3O/c1-2-7-18-11-4-6-14(19-9-11)15(21)20-10-3-5-12(16)13(17)8-10/h3-6,8-9,18H,2,7H2,1H3,(H,20,21). The van der Waals surface area contributed by atoms with Gasteiger partial charge in [0.15, 0.2) is 11.6 Å². The molecular formula is C15H15F2N3O. The van der Waals surface area contributed by atoms with Gasteiger partial charge in [-0.1, -0.05) is 6.92 Å². The molecule has 0 aliphatic carbocycles. The van der Waals surface area contributed by atoms with E-state index in [-0.39, 0.29) is 11.4 Å². The lowest BCUT2D eigenvalue weighted by atomic mass is 10.2. The SMILES string of the molecule is CCCNc1ccc(C(=O)Nc2ccc(F)c(F)c2)nc1. The van der Waals surface area contributed by atoms with Crippen LogP contribution in [0.5, 0.6) is 0 Å². The fourth-order valence-electron chi connectivity index (χ4n) is 1.67. The quantitative estimate of drug-likeness (QED) is 0.887. The lowest BCUT2D eigenvalue weighted by Gasteiger charge is -2.07. The Labute approximate surface area is 121 Å². The third kappa shape index (κ3) is 3.98. The molecule has 0 saturated heterocycles. The van der Waals surface area contributed by atoms with E-state index >= 15 is 0 Å². The van der Waals surface area contributed by atoms with Gasteiger partial charge in [-0.2, -0.15) is 0 Å². The van der Waals surface area contributed by atoms with Gasteiger partial charge in [-0.3, -0.25) is 4.79 Å². The van der Waals surface area contributed by atoms with Crippen LogP contribution in [0.3, 0.4) is 0 Å². The van der Waals surface area contributed by atoms with Crippen LogP contribution in [-0.2, 0) is 0 Å². The highest BCUT2D eigenvalue weighted by Gasteiger charge is 2.09. The number of hydrogen-bond donors (Lipinski definition) is 2. The van der Waals surface area contributed by atoms with Crippen molar-refractivity contribution in [3.63, 3.8) is 0 Å². The van der Waals surface area contributed by atoms with E-state index in [1.807, 2.05) is 6.92 Å². The molecule has 0 radical (unpaired) electrons. The van der Waals surface area contributed by atoms with Crippen molar-refractivity contribution >= 4 is 17.3 Å². The number of amides is 1. The van der Waals surface area contributed by atoms with Crippen LogP contribution in [0.25, 0.3) is 0 Å². The van der Waals surface area contributed by atoms with E-state index in [1.165, 1.54) is 6.07 Å². The number of benzene rings is 1. The second-order valence-corrected chi connectivity index (χ2v) is 4.44. The molecule has 2 rings (SSSR count). The van der Waals surface area contributed by atoms with Gasteiger partial charge in [-0.15, -0.1) is 0 Å². The van der Waals surface area contributed by atoms with Gasteiger partial charge in [0.05, 0.1) is 11.9 Å². The highest BCUT2D eigenvalue weighted by atomic mass is 19.2. The molecule has 0 unspecified atom stereocenters. The van der Waals surface area contributed by atoms with Crippen LogP contribution in [0, 0.1) is 11.6 Å². The van der Waals surface area contributed by atoms with Gasteiger partial charge in [0.2, 0.25) is 0 Å². The number of hydrogen-bond acceptors (Lipinski definition) is 3. The molecule has 2 aromatic rings. The van der Waals surface area contributed by atoms with Crippen LogP contribution in [0.4, 0.5) is 20.2 Å². The summed E-state index contributed by atoms with van der Waals surface area (Å²) in [6, 6.07) is 6.46. The smallest absolute Gasteiger partial charge is 0.274 e. The second-order valence-electron chi connectivity index (χ2n) is 4.44. The molecule has 110 valence electrons. The molecule has 1 aromatic carbocycles. The van der Waals surface area contributed by atoms with Crippen molar-refractivity contribution in [1.29, 1.82) is 0 Å². The minimum absolute atomic E-state index is 0.175. The summed E-state index contributed by atoms with van der Waals surface area (Å²) in [6.07, 6.45) is 2.54. The van der Waals surface area contributed by atoms with Gasteiger partial charge in [0.25, 0.3) is 5.91 Å². The van der Waals surface area contributed by atoms with E-state index < -0.39 is 17.5 Å². The molecule has 0 aliphatic heterocycles. The first-order chi connectivity index (χ1) is 10.1. The summed E-state index contributed by atoms with van der Waals surface area (Å²) in [5.74, 6) is -2.46. The third-order valence-corrected chi connectivity index (χ3v) is 2.75. The summed E-state index contributed by atoms with van der Waals surface area (Å²) in [5, 5.41) is 5.60. The van der Waals surface area contributed by atoms with Crippen molar-refractivity contribution in [1.82, 2.24) is 4.98 Å². The zero-order chi connectivity index (χ0) is 15.2. The third-order valence-electron chi connectivity index (χ3n) is 2.75. The predicted octanol–water partition coefficient (Wildman–Crippen LogP) is 3.43. The highest BCUT2D eigenvalue weighted by Crippen LogP contribution is 2.14. The number of aromatic nitrogens is 1. The summed E-state index contributed by atoms with van der Waals surface area (Å²) in [5.41, 5.74) is 1.19. The van der Waals surface area contributed by atoms with Gasteiger partial charge in [-0.05, 0) is 30.7 Å². The van der Waals surface area contributed by atoms with E-state index in [4.69, 9.17) is 0 Å². The molecular weight excluding hydrogens is 276 g/mol. The Morgan fingerprint density at radius 3 is 2.52 bits per heavy atom. The second kappa shape index (κ2) is 6.78. The number of pyridine rings is 1. The van der Waals surface area contributed by atoms with Crippen LogP contribution in [0.15, 0.2) is 36.5 Å². The number of carbonyl (C=O) groups excluding carboxylic acids is 1. The van der Waals surface area contributed by atoms with Crippen LogP contribution in [-0.4, -0.2) is 17.4 Å². The van der Waals surface area contributed by atoms with E-state index in [0.717, 1.165) is 30.8 Å². The molecule has 0 atom stereocenters. The Balaban J connectivity index is 2.04. The number of anilines is 2. The molecule has 0 aliphatic rings. The topological polar surface area (TPSA) is 54.0 Å². The van der Waals surface area contributed by atoms with Gasteiger partial charge in [0, 0.05) is 18.3 Å². The van der Waals surface area contributed by atoms with Crippen molar-refractivity contribution in [3.8, 4) is 0 Å². The fourth-order valence-corrected chi connectivity index (χ4v) is 1.67. The van der Waals surface area contributed by atoms with E-state index in [0.29, 0.717) is 0 Å². The lowest BCUT2D eigenvalue weighted by Crippen LogP contribution is -2.14. The van der Waals surface area contributed by atoms with Crippen molar-refractivity contribution in [2.75, 3.05) is 17.2 Å². The molecule has 1 heterocycles. The molecule has 0 fully saturated rings. The number of nitrogens with one attached hydrogen (secondary N) is 2. The Morgan fingerprint density at radius 2 is 1.90 bits per heavy atom. The van der Waals surface area contributed by atoms with Crippen LogP contribution < -0.4 is 10.6 Å². The molecule has 1 aromatic heterocycles. The zero-order valence-corrected chi connectivity index (χ0v) is 11.5. The van der Waals surface area contributed by atoms with Crippen molar-refractivity contribution in [3.05, 3.63) is 53.9 Å². The minimum atomic E-state index is -1.01. The minimum Gasteiger partial charge on any atom is -0.384 e. The maximum atomic E-state index is 13.1. The Morgan fingerprint density at radius 1 is 1.14 bits per heavy atom. The number of nitrogens with zero attached hydrogens (tertiary/aromatic N) is 1. The first kappa shape index (κ1) is 14.9. The molecule has 0 bridgehead atoms. The van der Waals surface area contributed by atoms with Crippen LogP contribution >= 0.6 is 0 Å². The predicted molar refractivity (Wildman–Crippen MR) is 77.3 cm³/mol. The summed E-state index contributed by atoms with van der Waals surface area (Å²) in [6.45, 7) is 2.87. The summed E-state index contributed by atoms with van der Waals surface area (Å²) in [7, 11) is 0. The Bertz CT molecular complexity index is 629. The molecule has 6 heteroatoms. The van der Waals surface area contributed by atoms with E-state index in [9.17, 15) is 13.6 Å². The monoisotopic (exact) mass is 291 g/mol. The van der Waals surface area contributed by atoms with Crippen molar-refractivity contribution in [2.45, 2.75) is 13.3 Å². The number of halogens is 2. The summed E-state index contributed by atoms with van der Waals surface area (Å²) in [4.78, 5) is 16.0. The normalized spacial score (nSPS) is 10.2. The molecule has 4 nitrogen and oxygen atoms in total. The van der Waals surface area contributed by atoms with E-state index in [1.54, 1.807) is 18.3 Å². The van der Waals surface area contributed by atoms with Crippen LogP contribution in [0.2, 0.25) is 0 Å². The van der Waals surface area contributed by atoms with Crippen molar-refractivity contribution in [2.24, 2.45) is 0 Å². The molecule has 2 N–H and O–H groups in total. The highest BCUT2D eigenvalue weighted by molar-refractivity contribution is 6.02. The van der Waals surface area contributed by atoms with Crippen LogP contribution in [0.1, 0.15) is 23.8 Å². The Hall–Kier alpha value is -2.50. The molecule has 0 saturated carbocycles. The Kier molecular flexibility index (Phi) is 4.81. The van der Waals surface area contributed by atoms with Gasteiger partial charge in [-0.25, -0.2) is 13.8 Å². The molecule has 1 amide bonds. The lowest BCUT2D eigenvalue weighted by molar-refractivity contribution is 0.102. The summed E-state index contributed by atoms with van der Waals surface area (Å²) >= 11 is 0. The average Bonchev–Trinajstić information content (AvgIpc) is 2.49. The fraction of sp³-hybridized carbons (Fsp3) is 0.200. The maximum Gasteiger partial charge on any atom is 0.274 e. The van der Waals surface area contributed by atoms with Crippen molar-refractivity contribution < 1.29 is 13.6 Å². The van der Waals surface area contributed by atoms with Gasteiger partial charge < -0.3 is 10.6 Å². The largest absolute Gasteiger partial charge is 0.384 e. The summed E-state index contributed by atoms with van der Waals surface area (Å²) < 4.78 is 25.9. The maximum absolute atomic E-state index is 13.1. The number of rotatable bonds is 5. The number of carbonyl (C=O) groups is 1. The first-order valence-corrected chi connectivity index (χ1v) is 6.56. The van der Waals surface area contributed by atoms with Gasteiger partial charge in [0.1, 0.15) is 5.69 Å². The zero-order valence-electron chi connectivity index (χ0n) is 11.5. The van der Waals surface area contributed by atoms with Gasteiger partial charge >= 0.3 is 0 Å². The first-order valence-electron chi connectivity index (χ1n) is 6.56. The molecule has 21 heavy (non-hydrogen) atoms. The molecule has 0 spiro atoms.